The fourth-order valence-electron chi connectivity index (χ4n) is 3.81. The van der Waals surface area contributed by atoms with Gasteiger partial charge in [0.15, 0.2) is 0 Å². The van der Waals surface area contributed by atoms with Crippen molar-refractivity contribution in [2.75, 3.05) is 19.7 Å². The molecule has 1 aromatic heterocycles. The fraction of sp³-hybridized carbons (Fsp3) is 0.500. The molecule has 1 saturated heterocycles. The predicted molar refractivity (Wildman–Crippen MR) is 96.8 cm³/mol. The van der Waals surface area contributed by atoms with Crippen LogP contribution in [0, 0.1) is 6.92 Å². The van der Waals surface area contributed by atoms with Crippen molar-refractivity contribution >= 4 is 16.9 Å². The normalized spacial score (nSPS) is 23.6. The van der Waals surface area contributed by atoms with E-state index >= 15 is 0 Å². The molecule has 0 spiro atoms. The molecule has 2 heterocycles. The number of nitrogens with one attached hydrogen (secondary N) is 1. The molecule has 1 N–H and O–H groups in total. The second-order valence-electron chi connectivity index (χ2n) is 6.89. The second-order valence-corrected chi connectivity index (χ2v) is 6.89. The quantitative estimate of drug-likeness (QED) is 0.862. The highest BCUT2D eigenvalue weighted by Gasteiger charge is 2.29. The van der Waals surface area contributed by atoms with Gasteiger partial charge < -0.3 is 14.4 Å². The van der Waals surface area contributed by atoms with Gasteiger partial charge in [-0.25, -0.2) is 9.78 Å². The predicted octanol–water partition coefficient (Wildman–Crippen LogP) is 1.91. The number of fused-ring (bicyclic) bond motifs is 1. The molecule has 1 aliphatic heterocycles. The van der Waals surface area contributed by atoms with Gasteiger partial charge in [-0.3, -0.25) is 0 Å². The van der Waals surface area contributed by atoms with E-state index in [2.05, 4.69) is 13.8 Å². The van der Waals surface area contributed by atoms with Crippen LogP contribution in [0.1, 0.15) is 42.4 Å². The number of esters is 1. The van der Waals surface area contributed by atoms with Gasteiger partial charge in [-0.05, 0) is 39.3 Å². The Morgan fingerprint density at radius 3 is 2.64 bits per heavy atom. The Balaban J connectivity index is 2.02. The third kappa shape index (κ3) is 3.83. The average Bonchev–Trinajstić information content (AvgIpc) is 2.54. The summed E-state index contributed by atoms with van der Waals surface area (Å²) >= 11 is 0. The first-order chi connectivity index (χ1) is 12.0. The molecule has 2 aromatic rings. The molecule has 1 aromatic carbocycles. The van der Waals surface area contributed by atoms with E-state index in [0.29, 0.717) is 18.7 Å². The van der Waals surface area contributed by atoms with Crippen LogP contribution in [0.5, 0.6) is 0 Å². The number of hydrogen-bond acceptors (Lipinski definition) is 4. The maximum absolute atomic E-state index is 12.6. The Morgan fingerprint density at radius 1 is 1.28 bits per heavy atom. The molecule has 1 fully saturated rings. The van der Waals surface area contributed by atoms with Crippen LogP contribution in [0.4, 0.5) is 0 Å². The standard InChI is InChI=1S/C20H26N2O3/c1-5-24-20(23)19-15(4)16-8-6-7-9-17(16)21-18(19)12-22-10-13(2)25-14(3)11-22/h6-9,13-14H,5,10-12H2,1-4H3/p+1/t13-,14+. The number of morpholine rings is 1. The van der Waals surface area contributed by atoms with Crippen molar-refractivity contribution in [2.24, 2.45) is 0 Å². The van der Waals surface area contributed by atoms with Crippen LogP contribution in [0.3, 0.4) is 0 Å². The largest absolute Gasteiger partial charge is 0.462 e. The summed E-state index contributed by atoms with van der Waals surface area (Å²) < 4.78 is 11.1. The van der Waals surface area contributed by atoms with E-state index in [1.165, 1.54) is 4.90 Å². The number of carbonyl (C=O) groups excluding carboxylic acids is 1. The molecule has 0 aliphatic carbocycles. The van der Waals surface area contributed by atoms with Gasteiger partial charge in [0, 0.05) is 5.39 Å². The molecule has 0 bridgehead atoms. The maximum Gasteiger partial charge on any atom is 0.340 e. The zero-order valence-electron chi connectivity index (χ0n) is 15.5. The van der Waals surface area contributed by atoms with Crippen LogP contribution in [0.15, 0.2) is 24.3 Å². The van der Waals surface area contributed by atoms with Gasteiger partial charge >= 0.3 is 5.97 Å². The second kappa shape index (κ2) is 7.50. The highest BCUT2D eigenvalue weighted by molar-refractivity contribution is 5.98. The third-order valence-corrected chi connectivity index (χ3v) is 4.74. The van der Waals surface area contributed by atoms with E-state index in [0.717, 1.165) is 35.2 Å². The van der Waals surface area contributed by atoms with Crippen LogP contribution in [-0.2, 0) is 16.0 Å². The molecule has 1 unspecified atom stereocenters. The van der Waals surface area contributed by atoms with E-state index < -0.39 is 0 Å². The zero-order chi connectivity index (χ0) is 18.0. The number of ether oxygens (including phenoxy) is 2. The topological polar surface area (TPSA) is 52.9 Å². The first-order valence-corrected chi connectivity index (χ1v) is 9.04. The number of aromatic nitrogens is 1. The van der Waals surface area contributed by atoms with Crippen molar-refractivity contribution in [1.29, 1.82) is 0 Å². The molecule has 0 amide bonds. The first-order valence-electron chi connectivity index (χ1n) is 9.04. The lowest BCUT2D eigenvalue weighted by Crippen LogP contribution is -3.14. The minimum Gasteiger partial charge on any atom is -0.462 e. The molecule has 3 atom stereocenters. The lowest BCUT2D eigenvalue weighted by molar-refractivity contribution is -0.928. The zero-order valence-corrected chi connectivity index (χ0v) is 15.5. The van der Waals surface area contributed by atoms with Crippen molar-refractivity contribution in [3.05, 3.63) is 41.1 Å². The average molecular weight is 343 g/mol. The van der Waals surface area contributed by atoms with Gasteiger partial charge in [0.05, 0.1) is 17.7 Å². The van der Waals surface area contributed by atoms with Gasteiger partial charge in [0.25, 0.3) is 0 Å². The number of nitrogens with zero attached hydrogens (tertiary/aromatic N) is 1. The van der Waals surface area contributed by atoms with E-state index in [1.54, 1.807) is 0 Å². The van der Waals surface area contributed by atoms with Gasteiger partial charge in [-0.2, -0.15) is 0 Å². The smallest absolute Gasteiger partial charge is 0.340 e. The van der Waals surface area contributed by atoms with E-state index in [4.69, 9.17) is 14.5 Å². The summed E-state index contributed by atoms with van der Waals surface area (Å²) in [6, 6.07) is 7.97. The van der Waals surface area contributed by atoms with Crippen LogP contribution in [0.25, 0.3) is 10.9 Å². The van der Waals surface area contributed by atoms with Crippen molar-refractivity contribution in [2.45, 2.75) is 46.4 Å². The Kier molecular flexibility index (Phi) is 5.35. The summed E-state index contributed by atoms with van der Waals surface area (Å²) in [5.74, 6) is -0.276. The molecule has 0 saturated carbocycles. The molecule has 5 heteroatoms. The van der Waals surface area contributed by atoms with Gasteiger partial charge in [0.2, 0.25) is 0 Å². The molecular weight excluding hydrogens is 316 g/mol. The lowest BCUT2D eigenvalue weighted by Gasteiger charge is -2.32. The minimum atomic E-state index is -0.276. The fourth-order valence-corrected chi connectivity index (χ4v) is 3.81. The summed E-state index contributed by atoms with van der Waals surface area (Å²) in [4.78, 5) is 18.8. The summed E-state index contributed by atoms with van der Waals surface area (Å²) in [7, 11) is 0. The van der Waals surface area contributed by atoms with E-state index in [9.17, 15) is 4.79 Å². The van der Waals surface area contributed by atoms with Crippen molar-refractivity contribution in [3.8, 4) is 0 Å². The van der Waals surface area contributed by atoms with Crippen molar-refractivity contribution < 1.29 is 19.2 Å². The van der Waals surface area contributed by atoms with Crippen molar-refractivity contribution in [1.82, 2.24) is 4.98 Å². The number of hydrogen-bond donors (Lipinski definition) is 1. The SMILES string of the molecule is CCOC(=O)c1c(C[NH+]2C[C@@H](C)O[C@@H](C)C2)nc2ccccc2c1C. The van der Waals surface area contributed by atoms with E-state index in [-0.39, 0.29) is 18.2 Å². The first kappa shape index (κ1) is 17.8. The van der Waals surface area contributed by atoms with Crippen LogP contribution in [-0.4, -0.2) is 42.9 Å². The lowest BCUT2D eigenvalue weighted by atomic mass is 10.0. The Labute approximate surface area is 148 Å². The monoisotopic (exact) mass is 343 g/mol. The van der Waals surface area contributed by atoms with Crippen molar-refractivity contribution in [3.63, 3.8) is 0 Å². The van der Waals surface area contributed by atoms with Crippen LogP contribution in [0.2, 0.25) is 0 Å². The number of pyridine rings is 1. The third-order valence-electron chi connectivity index (χ3n) is 4.74. The molecule has 134 valence electrons. The van der Waals surface area contributed by atoms with Crippen LogP contribution < -0.4 is 4.90 Å². The number of carbonyl (C=O) groups is 1. The molecule has 5 nitrogen and oxygen atoms in total. The summed E-state index contributed by atoms with van der Waals surface area (Å²) in [6.45, 7) is 10.9. The molecule has 1 aliphatic rings. The van der Waals surface area contributed by atoms with Gasteiger partial charge in [0.1, 0.15) is 37.5 Å². The Morgan fingerprint density at radius 2 is 1.96 bits per heavy atom. The minimum absolute atomic E-state index is 0.214. The maximum atomic E-state index is 12.6. The number of quaternary nitrogens is 1. The molecule has 3 rings (SSSR count). The highest BCUT2D eigenvalue weighted by Crippen LogP contribution is 2.23. The molecule has 0 radical (unpaired) electrons. The Bertz CT molecular complexity index is 765. The van der Waals surface area contributed by atoms with Gasteiger partial charge in [-0.15, -0.1) is 0 Å². The Hall–Kier alpha value is -1.98. The van der Waals surface area contributed by atoms with E-state index in [1.807, 2.05) is 38.1 Å². The van der Waals surface area contributed by atoms with Crippen LogP contribution >= 0.6 is 0 Å². The summed E-state index contributed by atoms with van der Waals surface area (Å²) in [6.07, 6.45) is 0.428. The number of aryl methyl sites for hydroxylation is 1. The number of benzene rings is 1. The summed E-state index contributed by atoms with van der Waals surface area (Å²) in [5.41, 5.74) is 3.33. The molecular formula is C20H27N2O3+. The number of rotatable bonds is 4. The number of para-hydroxylation sites is 1. The van der Waals surface area contributed by atoms with Gasteiger partial charge in [-0.1, -0.05) is 18.2 Å². The highest BCUT2D eigenvalue weighted by atomic mass is 16.5. The summed E-state index contributed by atoms with van der Waals surface area (Å²) in [5, 5.41) is 1.01. The molecule has 25 heavy (non-hydrogen) atoms.